The summed E-state index contributed by atoms with van der Waals surface area (Å²) in [6.07, 6.45) is 3.97. The first kappa shape index (κ1) is 8.72. The van der Waals surface area contributed by atoms with Crippen molar-refractivity contribution in [2.75, 3.05) is 0 Å². The maximum Gasteiger partial charge on any atom is 0.168 e. The molecule has 66 valence electrons. The molecule has 5 heteroatoms. The zero-order valence-electron chi connectivity index (χ0n) is 6.37. The summed E-state index contributed by atoms with van der Waals surface area (Å²) in [6.45, 7) is 0. The zero-order chi connectivity index (χ0) is 9.42. The first-order chi connectivity index (χ1) is 6.22. The number of pyridine rings is 1. The third-order valence-corrected chi connectivity index (χ3v) is 2.39. The van der Waals surface area contributed by atoms with Gasteiger partial charge in [0.25, 0.3) is 0 Å². The number of hydrogen-bond acceptors (Lipinski definition) is 2. The van der Waals surface area contributed by atoms with Gasteiger partial charge < -0.3 is 0 Å². The molecule has 0 aliphatic carbocycles. The van der Waals surface area contributed by atoms with E-state index in [1.54, 1.807) is 16.7 Å². The second-order valence-corrected chi connectivity index (χ2v) is 3.82. The summed E-state index contributed by atoms with van der Waals surface area (Å²) in [5.41, 5.74) is 1.07. The number of halogens is 2. The van der Waals surface area contributed by atoms with Crippen molar-refractivity contribution in [2.45, 2.75) is 0 Å². The summed E-state index contributed by atoms with van der Waals surface area (Å²) in [5.74, 6) is 0. The monoisotopic (exact) mass is 258 g/mol. The first-order valence-electron chi connectivity index (χ1n) is 3.49. The Morgan fingerprint density at radius 3 is 3.08 bits per heavy atom. The molecule has 2 aromatic rings. The lowest BCUT2D eigenvalue weighted by Crippen LogP contribution is -1.90. The normalized spacial score (nSPS) is 10.6. The van der Waals surface area contributed by atoms with Gasteiger partial charge in [-0.1, -0.05) is 11.6 Å². The van der Waals surface area contributed by atoms with E-state index in [0.717, 1.165) is 10.8 Å². The van der Waals surface area contributed by atoms with Crippen LogP contribution < -0.4 is 0 Å². The van der Waals surface area contributed by atoms with Crippen LogP contribution >= 0.6 is 27.5 Å². The highest BCUT2D eigenvalue weighted by Gasteiger charge is 2.06. The fourth-order valence-electron chi connectivity index (χ4n) is 1.12. The fraction of sp³-hybridized carbons (Fsp3) is 0. The Labute approximate surface area is 87.5 Å². The third-order valence-electron chi connectivity index (χ3n) is 1.68. The Bertz CT molecular complexity index is 480. The zero-order valence-corrected chi connectivity index (χ0v) is 8.71. The van der Waals surface area contributed by atoms with E-state index in [2.05, 4.69) is 20.9 Å². The van der Waals surface area contributed by atoms with Crippen molar-refractivity contribution in [1.29, 1.82) is 0 Å². The number of aldehydes is 1. The van der Waals surface area contributed by atoms with E-state index in [0.29, 0.717) is 16.4 Å². The van der Waals surface area contributed by atoms with Crippen LogP contribution in [0.2, 0.25) is 5.02 Å². The van der Waals surface area contributed by atoms with Crippen LogP contribution in [0, 0.1) is 0 Å². The molecule has 0 radical (unpaired) electrons. The van der Waals surface area contributed by atoms with E-state index in [1.807, 2.05) is 0 Å². The molecule has 0 saturated heterocycles. The lowest BCUT2D eigenvalue weighted by Gasteiger charge is -1.98. The number of aromatic nitrogens is 2. The minimum atomic E-state index is 0.484. The number of hydrogen-bond donors (Lipinski definition) is 0. The second-order valence-electron chi connectivity index (χ2n) is 2.50. The van der Waals surface area contributed by atoms with Crippen molar-refractivity contribution in [1.82, 2.24) is 9.38 Å². The Morgan fingerprint density at radius 1 is 1.62 bits per heavy atom. The standard InChI is InChI=1S/C8H4BrClN2O/c9-5-1-7(10)8-11-2-6(4-13)12(8)3-5/h1-4H. The van der Waals surface area contributed by atoms with Gasteiger partial charge in [-0.25, -0.2) is 4.98 Å². The predicted molar refractivity (Wildman–Crippen MR) is 53.3 cm³/mol. The highest BCUT2D eigenvalue weighted by atomic mass is 79.9. The summed E-state index contributed by atoms with van der Waals surface area (Å²) < 4.78 is 2.45. The van der Waals surface area contributed by atoms with Crippen LogP contribution in [0.25, 0.3) is 5.65 Å². The Morgan fingerprint density at radius 2 is 2.38 bits per heavy atom. The highest BCUT2D eigenvalue weighted by Crippen LogP contribution is 2.21. The van der Waals surface area contributed by atoms with E-state index < -0.39 is 0 Å². The Hall–Kier alpha value is -0.870. The first-order valence-corrected chi connectivity index (χ1v) is 4.67. The smallest absolute Gasteiger partial charge is 0.168 e. The maximum absolute atomic E-state index is 10.6. The van der Waals surface area contributed by atoms with Crippen LogP contribution in [-0.4, -0.2) is 15.7 Å². The predicted octanol–water partition coefficient (Wildman–Crippen LogP) is 2.56. The molecule has 0 fully saturated rings. The van der Waals surface area contributed by atoms with Crippen LogP contribution in [-0.2, 0) is 0 Å². The van der Waals surface area contributed by atoms with Crippen molar-refractivity contribution >= 4 is 39.5 Å². The van der Waals surface area contributed by atoms with E-state index in [4.69, 9.17) is 11.6 Å². The summed E-state index contributed by atoms with van der Waals surface area (Å²) in [6, 6.07) is 1.73. The van der Waals surface area contributed by atoms with Crippen LogP contribution in [0.5, 0.6) is 0 Å². The lowest BCUT2D eigenvalue weighted by molar-refractivity contribution is 0.111. The molecule has 2 heterocycles. The molecule has 2 aromatic heterocycles. The van der Waals surface area contributed by atoms with Crippen LogP contribution in [0.1, 0.15) is 10.5 Å². The van der Waals surface area contributed by atoms with E-state index >= 15 is 0 Å². The number of rotatable bonds is 1. The van der Waals surface area contributed by atoms with Crippen LogP contribution in [0.15, 0.2) is 22.9 Å². The Kier molecular flexibility index (Phi) is 2.09. The van der Waals surface area contributed by atoms with Crippen molar-refractivity contribution in [3.05, 3.63) is 33.6 Å². The van der Waals surface area contributed by atoms with Gasteiger partial charge in [0.1, 0.15) is 5.69 Å². The van der Waals surface area contributed by atoms with Gasteiger partial charge in [0, 0.05) is 10.7 Å². The molecule has 0 aliphatic heterocycles. The SMILES string of the molecule is O=Cc1cnc2c(Cl)cc(Br)cn12. The molecule has 0 aromatic carbocycles. The molecule has 0 unspecified atom stereocenters. The van der Waals surface area contributed by atoms with Crippen LogP contribution in [0.4, 0.5) is 0 Å². The molecule has 0 atom stereocenters. The van der Waals surface area contributed by atoms with E-state index in [9.17, 15) is 4.79 Å². The number of imidazole rings is 1. The summed E-state index contributed by atoms with van der Waals surface area (Å²) >= 11 is 9.19. The average molecular weight is 259 g/mol. The molecule has 0 bridgehead atoms. The number of carbonyl (C=O) groups is 1. The fourth-order valence-corrected chi connectivity index (χ4v) is 1.94. The van der Waals surface area contributed by atoms with Crippen molar-refractivity contribution in [2.24, 2.45) is 0 Å². The van der Waals surface area contributed by atoms with Gasteiger partial charge in [-0.15, -0.1) is 0 Å². The minimum absolute atomic E-state index is 0.484. The van der Waals surface area contributed by atoms with Gasteiger partial charge in [-0.2, -0.15) is 0 Å². The average Bonchev–Trinajstić information content (AvgIpc) is 2.47. The van der Waals surface area contributed by atoms with Gasteiger partial charge in [0.05, 0.1) is 11.2 Å². The van der Waals surface area contributed by atoms with Gasteiger partial charge in [-0.05, 0) is 22.0 Å². The molecule has 13 heavy (non-hydrogen) atoms. The van der Waals surface area contributed by atoms with Gasteiger partial charge in [-0.3, -0.25) is 9.20 Å². The van der Waals surface area contributed by atoms with Gasteiger partial charge >= 0.3 is 0 Å². The summed E-state index contributed by atoms with van der Waals surface area (Å²) in [4.78, 5) is 14.6. The second kappa shape index (κ2) is 3.12. The molecular weight excluding hydrogens is 255 g/mol. The molecule has 0 N–H and O–H groups in total. The van der Waals surface area contributed by atoms with Crippen LogP contribution in [0.3, 0.4) is 0 Å². The largest absolute Gasteiger partial charge is 0.296 e. The molecular formula is C8H4BrClN2O. The van der Waals surface area contributed by atoms with E-state index in [1.165, 1.54) is 6.20 Å². The molecule has 0 saturated carbocycles. The number of carbonyl (C=O) groups excluding carboxylic acids is 1. The molecule has 2 rings (SSSR count). The quantitative estimate of drug-likeness (QED) is 0.738. The van der Waals surface area contributed by atoms with E-state index in [-0.39, 0.29) is 0 Å². The Balaban J connectivity index is 2.89. The molecule has 0 aliphatic rings. The summed E-state index contributed by atoms with van der Waals surface area (Å²) in [7, 11) is 0. The van der Waals surface area contributed by atoms with Gasteiger partial charge in [0.15, 0.2) is 11.9 Å². The topological polar surface area (TPSA) is 34.4 Å². The third kappa shape index (κ3) is 1.36. The number of fused-ring (bicyclic) bond motifs is 1. The molecule has 0 amide bonds. The molecule has 3 nitrogen and oxygen atoms in total. The number of nitrogens with zero attached hydrogens (tertiary/aromatic N) is 2. The minimum Gasteiger partial charge on any atom is -0.296 e. The highest BCUT2D eigenvalue weighted by molar-refractivity contribution is 9.10. The van der Waals surface area contributed by atoms with Crippen molar-refractivity contribution in [3.8, 4) is 0 Å². The maximum atomic E-state index is 10.6. The lowest BCUT2D eigenvalue weighted by atomic mass is 10.4. The van der Waals surface area contributed by atoms with Crippen molar-refractivity contribution in [3.63, 3.8) is 0 Å². The molecule has 0 spiro atoms. The summed E-state index contributed by atoms with van der Waals surface area (Å²) in [5, 5.41) is 0.516. The van der Waals surface area contributed by atoms with Gasteiger partial charge in [0.2, 0.25) is 0 Å². The van der Waals surface area contributed by atoms with Crippen molar-refractivity contribution < 1.29 is 4.79 Å².